The minimum atomic E-state index is 0.117. The first-order valence-corrected chi connectivity index (χ1v) is 8.37. The van der Waals surface area contributed by atoms with Gasteiger partial charge in [0.15, 0.2) is 5.12 Å². The van der Waals surface area contributed by atoms with Crippen molar-refractivity contribution in [3.63, 3.8) is 0 Å². The van der Waals surface area contributed by atoms with Crippen LogP contribution in [0.5, 0.6) is 0 Å². The molecule has 1 saturated heterocycles. The summed E-state index contributed by atoms with van der Waals surface area (Å²) in [5.74, 6) is 1.15. The monoisotopic (exact) mass is 355 g/mol. The average Bonchev–Trinajstić information content (AvgIpc) is 2.72. The van der Waals surface area contributed by atoms with E-state index in [1.165, 1.54) is 11.8 Å². The summed E-state index contributed by atoms with van der Waals surface area (Å²) in [5.41, 5.74) is 3.21. The molecule has 0 aromatic heterocycles. The number of thioether (sulfide) groups is 1. The molecule has 0 spiro atoms. The lowest BCUT2D eigenvalue weighted by atomic mass is 10.1. The largest absolute Gasteiger partial charge is 0.312 e. The Morgan fingerprint density at radius 2 is 2.10 bits per heavy atom. The molecule has 1 aromatic rings. The summed E-state index contributed by atoms with van der Waals surface area (Å²) in [7, 11) is 0. The normalized spacial score (nSPS) is 18.7. The molecule has 1 aromatic carbocycles. The second kappa shape index (κ2) is 6.31. The topological polar surface area (TPSA) is 37.4 Å². The van der Waals surface area contributed by atoms with E-state index in [4.69, 9.17) is 0 Å². The first-order valence-electron chi connectivity index (χ1n) is 6.59. The van der Waals surface area contributed by atoms with E-state index in [9.17, 15) is 9.59 Å². The second-order valence-electron chi connectivity index (χ2n) is 5.26. The van der Waals surface area contributed by atoms with Crippen molar-refractivity contribution in [2.45, 2.75) is 27.2 Å². The van der Waals surface area contributed by atoms with E-state index in [-0.39, 0.29) is 16.9 Å². The van der Waals surface area contributed by atoms with Crippen molar-refractivity contribution in [3.8, 4) is 0 Å². The van der Waals surface area contributed by atoms with Crippen LogP contribution in [0.15, 0.2) is 16.6 Å². The van der Waals surface area contributed by atoms with E-state index >= 15 is 0 Å². The van der Waals surface area contributed by atoms with Crippen molar-refractivity contribution in [1.82, 2.24) is 0 Å². The van der Waals surface area contributed by atoms with E-state index < -0.39 is 0 Å². The number of carbonyl (C=O) groups is 2. The fourth-order valence-corrected chi connectivity index (χ4v) is 3.57. The number of benzene rings is 1. The SMILES string of the molecule is CC(=O)SCC1CC(=O)N(c2cc(C)c(Br)cc2C)C1. The number of aryl methyl sites for hydroxylation is 2. The second-order valence-corrected chi connectivity index (χ2v) is 7.32. The highest BCUT2D eigenvalue weighted by molar-refractivity contribution is 9.10. The number of anilines is 1. The van der Waals surface area contributed by atoms with Crippen molar-refractivity contribution in [1.29, 1.82) is 0 Å². The van der Waals surface area contributed by atoms with Gasteiger partial charge in [-0.05, 0) is 43.0 Å². The molecule has 0 aliphatic carbocycles. The quantitative estimate of drug-likeness (QED) is 0.829. The Bertz CT molecular complexity index is 559. The summed E-state index contributed by atoms with van der Waals surface area (Å²) in [4.78, 5) is 25.1. The van der Waals surface area contributed by atoms with Gasteiger partial charge in [-0.2, -0.15) is 0 Å². The van der Waals surface area contributed by atoms with Crippen LogP contribution in [-0.2, 0) is 9.59 Å². The average molecular weight is 356 g/mol. The standard InChI is InChI=1S/C15H18BrNO2S/c1-9-5-14(10(2)4-13(9)16)17-7-12(6-15(17)19)8-20-11(3)18/h4-5,12H,6-8H2,1-3H3. The summed E-state index contributed by atoms with van der Waals surface area (Å²) >= 11 is 4.82. The molecule has 20 heavy (non-hydrogen) atoms. The zero-order chi connectivity index (χ0) is 14.9. The van der Waals surface area contributed by atoms with Gasteiger partial charge in [-0.1, -0.05) is 27.7 Å². The Balaban J connectivity index is 2.16. The first kappa shape index (κ1) is 15.6. The van der Waals surface area contributed by atoms with Crippen molar-refractivity contribution in [2.24, 2.45) is 5.92 Å². The van der Waals surface area contributed by atoms with Crippen LogP contribution in [0.2, 0.25) is 0 Å². The number of rotatable bonds is 3. The molecule has 1 amide bonds. The predicted octanol–water partition coefficient (Wildman–Crippen LogP) is 3.70. The fraction of sp³-hybridized carbons (Fsp3) is 0.467. The van der Waals surface area contributed by atoms with Crippen LogP contribution in [-0.4, -0.2) is 23.3 Å². The summed E-state index contributed by atoms with van der Waals surface area (Å²) < 4.78 is 1.06. The summed E-state index contributed by atoms with van der Waals surface area (Å²) in [6.45, 7) is 6.32. The minimum absolute atomic E-state index is 0.117. The third-order valence-electron chi connectivity index (χ3n) is 3.50. The van der Waals surface area contributed by atoms with Crippen LogP contribution in [0, 0.1) is 19.8 Å². The number of halogens is 1. The molecule has 5 heteroatoms. The van der Waals surface area contributed by atoms with Gasteiger partial charge in [0, 0.05) is 35.8 Å². The lowest BCUT2D eigenvalue weighted by molar-refractivity contribution is -0.117. The zero-order valence-corrected chi connectivity index (χ0v) is 14.3. The Kier molecular flexibility index (Phi) is 4.91. The third-order valence-corrected chi connectivity index (χ3v) is 5.39. The number of nitrogens with zero attached hydrogens (tertiary/aromatic N) is 1. The molecule has 108 valence electrons. The summed E-state index contributed by atoms with van der Waals surface area (Å²) in [6, 6.07) is 4.10. The molecule has 0 saturated carbocycles. The Hall–Kier alpha value is -0.810. The third kappa shape index (κ3) is 3.44. The fourth-order valence-electron chi connectivity index (χ4n) is 2.42. The number of carbonyl (C=O) groups excluding carboxylic acids is 2. The highest BCUT2D eigenvalue weighted by Crippen LogP contribution is 2.32. The van der Waals surface area contributed by atoms with E-state index in [2.05, 4.69) is 28.1 Å². The summed E-state index contributed by atoms with van der Waals surface area (Å²) in [6.07, 6.45) is 0.537. The lowest BCUT2D eigenvalue weighted by Gasteiger charge is -2.20. The maximum absolute atomic E-state index is 12.2. The molecule has 1 aliphatic heterocycles. The predicted molar refractivity (Wildman–Crippen MR) is 87.2 cm³/mol. The van der Waals surface area contributed by atoms with Gasteiger partial charge < -0.3 is 4.90 Å². The van der Waals surface area contributed by atoms with Gasteiger partial charge in [0.05, 0.1) is 0 Å². The molecule has 1 aliphatic rings. The molecule has 2 rings (SSSR count). The maximum Gasteiger partial charge on any atom is 0.227 e. The van der Waals surface area contributed by atoms with Gasteiger partial charge in [0.25, 0.3) is 0 Å². The lowest BCUT2D eigenvalue weighted by Crippen LogP contribution is -2.25. The van der Waals surface area contributed by atoms with Crippen molar-refractivity contribution >= 4 is 44.4 Å². The van der Waals surface area contributed by atoms with Crippen LogP contribution in [0.4, 0.5) is 5.69 Å². The summed E-state index contributed by atoms with van der Waals surface area (Å²) in [5, 5.41) is 0.117. The van der Waals surface area contributed by atoms with Crippen molar-refractivity contribution in [3.05, 3.63) is 27.7 Å². The van der Waals surface area contributed by atoms with E-state index in [1.54, 1.807) is 6.92 Å². The zero-order valence-electron chi connectivity index (χ0n) is 11.9. The van der Waals surface area contributed by atoms with Crippen LogP contribution < -0.4 is 4.90 Å². The van der Waals surface area contributed by atoms with Gasteiger partial charge in [-0.3, -0.25) is 9.59 Å². The molecule has 0 N–H and O–H groups in total. The first-order chi connectivity index (χ1) is 9.38. The van der Waals surface area contributed by atoms with Gasteiger partial charge >= 0.3 is 0 Å². The van der Waals surface area contributed by atoms with Crippen LogP contribution in [0.25, 0.3) is 0 Å². The number of hydrogen-bond donors (Lipinski definition) is 0. The molecule has 1 heterocycles. The Morgan fingerprint density at radius 3 is 2.75 bits per heavy atom. The molecule has 3 nitrogen and oxygen atoms in total. The molecule has 1 fully saturated rings. The number of hydrogen-bond acceptors (Lipinski definition) is 3. The Labute approximate surface area is 132 Å². The highest BCUT2D eigenvalue weighted by atomic mass is 79.9. The molecule has 1 atom stereocenters. The molecule has 1 unspecified atom stereocenters. The molecular weight excluding hydrogens is 338 g/mol. The van der Waals surface area contributed by atoms with Crippen molar-refractivity contribution < 1.29 is 9.59 Å². The Morgan fingerprint density at radius 1 is 1.40 bits per heavy atom. The smallest absolute Gasteiger partial charge is 0.227 e. The van der Waals surface area contributed by atoms with E-state index in [0.29, 0.717) is 13.0 Å². The van der Waals surface area contributed by atoms with Gasteiger partial charge in [0.2, 0.25) is 5.91 Å². The van der Waals surface area contributed by atoms with Gasteiger partial charge in [0.1, 0.15) is 0 Å². The maximum atomic E-state index is 12.2. The van der Waals surface area contributed by atoms with Crippen LogP contribution in [0.1, 0.15) is 24.5 Å². The molecule has 0 radical (unpaired) electrons. The van der Waals surface area contributed by atoms with Gasteiger partial charge in [-0.25, -0.2) is 0 Å². The van der Waals surface area contributed by atoms with Crippen LogP contribution >= 0.6 is 27.7 Å². The molecule has 0 bridgehead atoms. The molecular formula is C15H18BrNO2S. The van der Waals surface area contributed by atoms with E-state index in [0.717, 1.165) is 27.0 Å². The number of amides is 1. The van der Waals surface area contributed by atoms with Crippen molar-refractivity contribution in [2.75, 3.05) is 17.2 Å². The van der Waals surface area contributed by atoms with Gasteiger partial charge in [-0.15, -0.1) is 0 Å². The van der Waals surface area contributed by atoms with Crippen LogP contribution in [0.3, 0.4) is 0 Å². The minimum Gasteiger partial charge on any atom is -0.312 e. The van der Waals surface area contributed by atoms with E-state index in [1.807, 2.05) is 18.7 Å². The highest BCUT2D eigenvalue weighted by Gasteiger charge is 2.31.